The highest BCUT2D eigenvalue weighted by Crippen LogP contribution is 2.41. The minimum Gasteiger partial charge on any atom is -0.384 e. The highest BCUT2D eigenvalue weighted by molar-refractivity contribution is 5.31. The molecule has 0 aliphatic heterocycles. The van der Waals surface area contributed by atoms with Crippen LogP contribution in [0.4, 0.5) is 5.82 Å². The Morgan fingerprint density at radius 2 is 2.00 bits per heavy atom. The molecule has 1 fully saturated rings. The Bertz CT molecular complexity index is 425. The zero-order valence-corrected chi connectivity index (χ0v) is 12.3. The van der Waals surface area contributed by atoms with E-state index < -0.39 is 0 Å². The molecule has 2 N–H and O–H groups in total. The Morgan fingerprint density at radius 3 is 2.58 bits per heavy atom. The second-order valence-corrected chi connectivity index (χ2v) is 5.57. The summed E-state index contributed by atoms with van der Waals surface area (Å²) in [6, 6.07) is 1.86. The number of anilines is 1. The molecule has 1 saturated carbocycles. The summed E-state index contributed by atoms with van der Waals surface area (Å²) in [5.41, 5.74) is 6.60. The van der Waals surface area contributed by atoms with Gasteiger partial charge in [0, 0.05) is 18.4 Å². The number of hydrogen-bond acceptors (Lipinski definition) is 4. The van der Waals surface area contributed by atoms with Crippen LogP contribution < -0.4 is 5.73 Å². The number of ether oxygens (including phenoxy) is 1. The Kier molecular flexibility index (Phi) is 4.40. The van der Waals surface area contributed by atoms with Gasteiger partial charge in [0.2, 0.25) is 0 Å². The van der Waals surface area contributed by atoms with Crippen LogP contribution in [0.2, 0.25) is 0 Å². The predicted octanol–water partition coefficient (Wildman–Crippen LogP) is 3.06. The Morgan fingerprint density at radius 1 is 1.32 bits per heavy atom. The maximum Gasteiger partial charge on any atom is 0.162 e. The summed E-state index contributed by atoms with van der Waals surface area (Å²) in [5.74, 6) is 2.11. The average Bonchev–Trinajstić information content (AvgIpc) is 2.41. The molecule has 0 aromatic carbocycles. The summed E-state index contributed by atoms with van der Waals surface area (Å²) in [5, 5.41) is 0. The topological polar surface area (TPSA) is 61.0 Å². The van der Waals surface area contributed by atoms with E-state index in [1.54, 1.807) is 0 Å². The zero-order chi connectivity index (χ0) is 13.9. The number of aryl methyl sites for hydroxylation is 1. The van der Waals surface area contributed by atoms with Gasteiger partial charge in [-0.2, -0.15) is 0 Å². The molecule has 4 nitrogen and oxygen atoms in total. The van der Waals surface area contributed by atoms with Crippen molar-refractivity contribution in [2.75, 3.05) is 12.3 Å². The van der Waals surface area contributed by atoms with Gasteiger partial charge in [-0.3, -0.25) is 0 Å². The van der Waals surface area contributed by atoms with Gasteiger partial charge in [-0.15, -0.1) is 0 Å². The van der Waals surface area contributed by atoms with E-state index in [1.807, 2.05) is 13.0 Å². The maximum atomic E-state index is 6.08. The minimum atomic E-state index is -0.319. The summed E-state index contributed by atoms with van der Waals surface area (Å²) in [7, 11) is 0. The monoisotopic (exact) mass is 263 g/mol. The first-order valence-electron chi connectivity index (χ1n) is 7.37. The number of nitrogens with two attached hydrogens (primary N) is 1. The van der Waals surface area contributed by atoms with Crippen LogP contribution in [-0.4, -0.2) is 16.6 Å². The fourth-order valence-electron chi connectivity index (χ4n) is 2.84. The van der Waals surface area contributed by atoms with E-state index in [2.05, 4.69) is 23.8 Å². The third-order valence-corrected chi connectivity index (χ3v) is 4.07. The van der Waals surface area contributed by atoms with Crippen molar-refractivity contribution in [3.63, 3.8) is 0 Å². The van der Waals surface area contributed by atoms with Gasteiger partial charge < -0.3 is 10.5 Å². The number of nitrogen functional groups attached to an aromatic ring is 1. The molecule has 0 spiro atoms. The molecule has 0 bridgehead atoms. The summed E-state index contributed by atoms with van der Waals surface area (Å²) in [6.07, 6.45) is 5.20. The second-order valence-electron chi connectivity index (χ2n) is 5.57. The van der Waals surface area contributed by atoms with Gasteiger partial charge in [0.1, 0.15) is 11.4 Å². The fraction of sp³-hybridized carbons (Fsp3) is 0.733. The fourth-order valence-corrected chi connectivity index (χ4v) is 2.84. The quantitative estimate of drug-likeness (QED) is 0.907. The minimum absolute atomic E-state index is 0.319. The van der Waals surface area contributed by atoms with Crippen molar-refractivity contribution in [1.29, 1.82) is 0 Å². The van der Waals surface area contributed by atoms with E-state index in [-0.39, 0.29) is 5.60 Å². The summed E-state index contributed by atoms with van der Waals surface area (Å²) >= 11 is 0. The highest BCUT2D eigenvalue weighted by Gasteiger charge is 2.39. The van der Waals surface area contributed by atoms with Crippen LogP contribution in [0.3, 0.4) is 0 Å². The third kappa shape index (κ3) is 3.06. The van der Waals surface area contributed by atoms with Crippen molar-refractivity contribution in [2.24, 2.45) is 5.92 Å². The van der Waals surface area contributed by atoms with Crippen molar-refractivity contribution in [3.8, 4) is 0 Å². The lowest BCUT2D eigenvalue weighted by Crippen LogP contribution is -2.36. The van der Waals surface area contributed by atoms with Crippen molar-refractivity contribution < 1.29 is 4.74 Å². The van der Waals surface area contributed by atoms with Crippen molar-refractivity contribution in [2.45, 2.75) is 58.5 Å². The highest BCUT2D eigenvalue weighted by atomic mass is 16.5. The lowest BCUT2D eigenvalue weighted by molar-refractivity contribution is -0.0837. The van der Waals surface area contributed by atoms with Crippen LogP contribution in [0.25, 0.3) is 0 Å². The Balaban J connectivity index is 2.35. The van der Waals surface area contributed by atoms with Crippen molar-refractivity contribution in [3.05, 3.63) is 17.6 Å². The molecule has 1 aromatic heterocycles. The molecule has 1 aliphatic rings. The van der Waals surface area contributed by atoms with Crippen LogP contribution in [0, 0.1) is 5.92 Å². The first-order valence-corrected chi connectivity index (χ1v) is 7.37. The SMILES string of the molecule is CCOC1(c2nc(N)cc(CC)n2)CCC(C)CC1. The first kappa shape index (κ1) is 14.3. The van der Waals surface area contributed by atoms with Gasteiger partial charge in [0.15, 0.2) is 5.82 Å². The molecule has 0 amide bonds. The van der Waals surface area contributed by atoms with E-state index in [0.29, 0.717) is 12.4 Å². The van der Waals surface area contributed by atoms with Gasteiger partial charge in [0.25, 0.3) is 0 Å². The van der Waals surface area contributed by atoms with Crippen LogP contribution in [0.15, 0.2) is 6.07 Å². The van der Waals surface area contributed by atoms with E-state index >= 15 is 0 Å². The van der Waals surface area contributed by atoms with Crippen molar-refractivity contribution in [1.82, 2.24) is 9.97 Å². The Labute approximate surface area is 115 Å². The Hall–Kier alpha value is -1.16. The normalized spacial score (nSPS) is 27.4. The van der Waals surface area contributed by atoms with Gasteiger partial charge in [-0.1, -0.05) is 13.8 Å². The number of nitrogens with zero attached hydrogens (tertiary/aromatic N) is 2. The van der Waals surface area contributed by atoms with Crippen LogP contribution >= 0.6 is 0 Å². The molecule has 0 radical (unpaired) electrons. The van der Waals surface area contributed by atoms with Crippen LogP contribution in [0.1, 0.15) is 58.0 Å². The lowest BCUT2D eigenvalue weighted by atomic mass is 9.78. The molecule has 2 rings (SSSR count). The first-order chi connectivity index (χ1) is 9.09. The molecule has 0 unspecified atom stereocenters. The van der Waals surface area contributed by atoms with Gasteiger partial charge >= 0.3 is 0 Å². The number of hydrogen-bond donors (Lipinski definition) is 1. The van der Waals surface area contributed by atoms with E-state index in [9.17, 15) is 0 Å². The molecule has 0 atom stereocenters. The molecule has 1 heterocycles. The molecule has 1 aliphatic carbocycles. The molecule has 4 heteroatoms. The molecule has 19 heavy (non-hydrogen) atoms. The van der Waals surface area contributed by atoms with Crippen LogP contribution in [0.5, 0.6) is 0 Å². The standard InChI is InChI=1S/C15H25N3O/c1-4-12-10-13(16)18-14(17-12)15(19-5-2)8-6-11(3)7-9-15/h10-11H,4-9H2,1-3H3,(H2,16,17,18). The summed E-state index contributed by atoms with van der Waals surface area (Å²) in [4.78, 5) is 9.14. The van der Waals surface area contributed by atoms with Crippen LogP contribution in [-0.2, 0) is 16.8 Å². The smallest absolute Gasteiger partial charge is 0.162 e. The molecule has 0 saturated heterocycles. The van der Waals surface area contributed by atoms with Gasteiger partial charge in [-0.05, 0) is 44.9 Å². The van der Waals surface area contributed by atoms with E-state index in [0.717, 1.165) is 36.7 Å². The largest absolute Gasteiger partial charge is 0.384 e. The predicted molar refractivity (Wildman–Crippen MR) is 76.8 cm³/mol. The summed E-state index contributed by atoms with van der Waals surface area (Å²) < 4.78 is 6.08. The number of rotatable bonds is 4. The van der Waals surface area contributed by atoms with Crippen molar-refractivity contribution >= 4 is 5.82 Å². The molecular weight excluding hydrogens is 238 g/mol. The van der Waals surface area contributed by atoms with E-state index in [4.69, 9.17) is 10.5 Å². The zero-order valence-electron chi connectivity index (χ0n) is 12.3. The van der Waals surface area contributed by atoms with Gasteiger partial charge in [0.05, 0.1) is 0 Å². The second kappa shape index (κ2) is 5.87. The van der Waals surface area contributed by atoms with E-state index in [1.165, 1.54) is 12.8 Å². The number of aromatic nitrogens is 2. The maximum absolute atomic E-state index is 6.08. The summed E-state index contributed by atoms with van der Waals surface area (Å²) in [6.45, 7) is 7.11. The molecule has 1 aromatic rings. The molecular formula is C15H25N3O. The third-order valence-electron chi connectivity index (χ3n) is 4.07. The lowest BCUT2D eigenvalue weighted by Gasteiger charge is -2.38. The molecule has 106 valence electrons. The average molecular weight is 263 g/mol. The van der Waals surface area contributed by atoms with Gasteiger partial charge in [-0.25, -0.2) is 9.97 Å².